The van der Waals surface area contributed by atoms with E-state index in [1.54, 1.807) is 19.2 Å². The van der Waals surface area contributed by atoms with Crippen LogP contribution < -0.4 is 10.6 Å². The van der Waals surface area contributed by atoms with E-state index < -0.39 is 0 Å². The highest BCUT2D eigenvalue weighted by atomic mass is 35.5. The Morgan fingerprint density at radius 3 is 2.75 bits per heavy atom. The lowest BCUT2D eigenvalue weighted by Gasteiger charge is -2.35. The maximum Gasteiger partial charge on any atom is 0.251 e. The Hall–Kier alpha value is -1.22. The van der Waals surface area contributed by atoms with Gasteiger partial charge in [0.1, 0.15) is 0 Å². The predicted molar refractivity (Wildman–Crippen MR) is 84.4 cm³/mol. The highest BCUT2D eigenvalue weighted by Gasteiger charge is 2.27. The highest BCUT2D eigenvalue weighted by molar-refractivity contribution is 6.33. The third-order valence-corrected chi connectivity index (χ3v) is 4.83. The van der Waals surface area contributed by atoms with Gasteiger partial charge in [-0.2, -0.15) is 0 Å². The number of anilines is 1. The Morgan fingerprint density at radius 1 is 1.30 bits per heavy atom. The number of amides is 1. The van der Waals surface area contributed by atoms with Gasteiger partial charge in [0.25, 0.3) is 5.91 Å². The summed E-state index contributed by atoms with van der Waals surface area (Å²) in [6.07, 6.45) is 3.70. The smallest absolute Gasteiger partial charge is 0.251 e. The van der Waals surface area contributed by atoms with Crippen LogP contribution in [0.25, 0.3) is 0 Å². The summed E-state index contributed by atoms with van der Waals surface area (Å²) >= 11 is 6.25. The molecule has 20 heavy (non-hydrogen) atoms. The van der Waals surface area contributed by atoms with Crippen LogP contribution in [0.3, 0.4) is 0 Å². The zero-order valence-corrected chi connectivity index (χ0v) is 13.1. The number of benzene rings is 1. The molecular formula is C16H23ClN2O. The Balaban J connectivity index is 2.17. The van der Waals surface area contributed by atoms with Crippen molar-refractivity contribution >= 4 is 23.2 Å². The first kappa shape index (κ1) is 15.2. The van der Waals surface area contributed by atoms with Crippen LogP contribution in [0.1, 0.15) is 43.5 Å². The topological polar surface area (TPSA) is 41.1 Å². The van der Waals surface area contributed by atoms with Crippen molar-refractivity contribution in [3.05, 3.63) is 28.8 Å². The number of hydrogen-bond acceptors (Lipinski definition) is 2. The molecule has 0 aromatic heterocycles. The van der Waals surface area contributed by atoms with E-state index in [0.29, 0.717) is 22.5 Å². The molecule has 0 spiro atoms. The van der Waals surface area contributed by atoms with E-state index in [1.807, 2.05) is 6.07 Å². The molecule has 0 bridgehead atoms. The van der Waals surface area contributed by atoms with Crippen molar-refractivity contribution in [1.82, 2.24) is 5.32 Å². The quantitative estimate of drug-likeness (QED) is 0.886. The molecule has 4 heteroatoms. The second-order valence-electron chi connectivity index (χ2n) is 5.79. The minimum atomic E-state index is -0.0882. The lowest BCUT2D eigenvalue weighted by molar-refractivity contribution is 0.0963. The number of nitrogens with one attached hydrogen (secondary N) is 2. The van der Waals surface area contributed by atoms with Gasteiger partial charge >= 0.3 is 0 Å². The molecule has 1 saturated carbocycles. The van der Waals surface area contributed by atoms with Gasteiger partial charge in [-0.15, -0.1) is 0 Å². The monoisotopic (exact) mass is 294 g/mol. The predicted octanol–water partition coefficient (Wildman–Crippen LogP) is 3.94. The first-order valence-electron chi connectivity index (χ1n) is 7.31. The minimum Gasteiger partial charge on any atom is -0.381 e. The molecule has 3 unspecified atom stereocenters. The Labute approximate surface area is 126 Å². The molecule has 2 rings (SSSR count). The summed E-state index contributed by atoms with van der Waals surface area (Å²) in [7, 11) is 1.63. The van der Waals surface area contributed by atoms with Crippen LogP contribution in [0.2, 0.25) is 5.02 Å². The van der Waals surface area contributed by atoms with Crippen molar-refractivity contribution in [2.75, 3.05) is 12.4 Å². The van der Waals surface area contributed by atoms with E-state index >= 15 is 0 Å². The van der Waals surface area contributed by atoms with Gasteiger partial charge in [0, 0.05) is 18.7 Å². The van der Waals surface area contributed by atoms with Crippen LogP contribution >= 0.6 is 11.6 Å². The summed E-state index contributed by atoms with van der Waals surface area (Å²) < 4.78 is 0. The Bertz CT molecular complexity index is 489. The molecule has 110 valence electrons. The third kappa shape index (κ3) is 3.26. The molecule has 1 aromatic rings. The van der Waals surface area contributed by atoms with Crippen molar-refractivity contribution in [1.29, 1.82) is 0 Å². The van der Waals surface area contributed by atoms with Crippen LogP contribution in [-0.4, -0.2) is 19.0 Å². The molecule has 0 heterocycles. The van der Waals surface area contributed by atoms with E-state index in [9.17, 15) is 4.79 Å². The van der Waals surface area contributed by atoms with Crippen LogP contribution in [0.4, 0.5) is 5.69 Å². The third-order valence-electron chi connectivity index (χ3n) is 4.50. The second-order valence-corrected chi connectivity index (χ2v) is 6.20. The zero-order chi connectivity index (χ0) is 14.7. The maximum absolute atomic E-state index is 11.7. The van der Waals surface area contributed by atoms with Gasteiger partial charge in [0.05, 0.1) is 10.7 Å². The molecule has 0 saturated heterocycles. The van der Waals surface area contributed by atoms with Crippen molar-refractivity contribution in [3.63, 3.8) is 0 Å². The zero-order valence-electron chi connectivity index (χ0n) is 12.4. The van der Waals surface area contributed by atoms with Gasteiger partial charge in [0.2, 0.25) is 0 Å². The van der Waals surface area contributed by atoms with Crippen LogP contribution in [0, 0.1) is 11.8 Å². The first-order chi connectivity index (χ1) is 9.52. The molecule has 1 aliphatic rings. The van der Waals surface area contributed by atoms with Gasteiger partial charge in [-0.1, -0.05) is 38.3 Å². The molecule has 1 fully saturated rings. The Morgan fingerprint density at radius 2 is 2.05 bits per heavy atom. The number of rotatable bonds is 3. The van der Waals surface area contributed by atoms with Crippen molar-refractivity contribution in [3.8, 4) is 0 Å². The fraction of sp³-hybridized carbons (Fsp3) is 0.562. The number of carbonyl (C=O) groups is 1. The normalized spacial score (nSPS) is 26.1. The average molecular weight is 295 g/mol. The number of carbonyl (C=O) groups excluding carboxylic acids is 1. The van der Waals surface area contributed by atoms with Gasteiger partial charge < -0.3 is 10.6 Å². The number of hydrogen-bond donors (Lipinski definition) is 2. The first-order valence-corrected chi connectivity index (χ1v) is 7.69. The Kier molecular flexibility index (Phi) is 4.92. The van der Waals surface area contributed by atoms with Gasteiger partial charge in [-0.3, -0.25) is 4.79 Å². The summed E-state index contributed by atoms with van der Waals surface area (Å²) in [6, 6.07) is 5.80. The van der Waals surface area contributed by atoms with E-state index in [4.69, 9.17) is 11.6 Å². The molecule has 0 radical (unpaired) electrons. The SMILES string of the molecule is CNC(=O)c1ccc(Cl)c(NC2CCCC(C)C2C)c1. The molecule has 3 atom stereocenters. The summed E-state index contributed by atoms with van der Waals surface area (Å²) in [6.45, 7) is 4.60. The molecule has 1 aliphatic carbocycles. The van der Waals surface area contributed by atoms with E-state index in [2.05, 4.69) is 24.5 Å². The molecule has 3 nitrogen and oxygen atoms in total. The van der Waals surface area contributed by atoms with Gasteiger partial charge in [-0.05, 0) is 36.5 Å². The molecular weight excluding hydrogens is 272 g/mol. The van der Waals surface area contributed by atoms with Crippen molar-refractivity contribution in [2.24, 2.45) is 11.8 Å². The van der Waals surface area contributed by atoms with Gasteiger partial charge in [-0.25, -0.2) is 0 Å². The van der Waals surface area contributed by atoms with E-state index in [-0.39, 0.29) is 5.91 Å². The second kappa shape index (κ2) is 6.49. The van der Waals surface area contributed by atoms with Crippen LogP contribution in [0.5, 0.6) is 0 Å². The fourth-order valence-electron chi connectivity index (χ4n) is 2.91. The van der Waals surface area contributed by atoms with E-state index in [0.717, 1.165) is 18.0 Å². The van der Waals surface area contributed by atoms with Crippen molar-refractivity contribution in [2.45, 2.75) is 39.2 Å². The van der Waals surface area contributed by atoms with Gasteiger partial charge in [0.15, 0.2) is 0 Å². The maximum atomic E-state index is 11.7. The molecule has 1 amide bonds. The van der Waals surface area contributed by atoms with Crippen molar-refractivity contribution < 1.29 is 4.79 Å². The molecule has 0 aliphatic heterocycles. The summed E-state index contributed by atoms with van der Waals surface area (Å²) in [4.78, 5) is 11.7. The summed E-state index contributed by atoms with van der Waals surface area (Å²) in [5, 5.41) is 6.84. The summed E-state index contributed by atoms with van der Waals surface area (Å²) in [5.74, 6) is 1.25. The number of halogens is 1. The van der Waals surface area contributed by atoms with Crippen LogP contribution in [-0.2, 0) is 0 Å². The highest BCUT2D eigenvalue weighted by Crippen LogP contribution is 2.33. The minimum absolute atomic E-state index is 0.0882. The van der Waals surface area contributed by atoms with Crippen LogP contribution in [0.15, 0.2) is 18.2 Å². The fourth-order valence-corrected chi connectivity index (χ4v) is 3.08. The lowest BCUT2D eigenvalue weighted by atomic mass is 9.78. The molecule has 2 N–H and O–H groups in total. The lowest BCUT2D eigenvalue weighted by Crippen LogP contribution is -2.35. The summed E-state index contributed by atoms with van der Waals surface area (Å²) in [5.41, 5.74) is 1.50. The molecule has 1 aromatic carbocycles. The standard InChI is InChI=1S/C16H23ClN2O/c1-10-5-4-6-14(11(10)2)19-15-9-12(16(20)18-3)7-8-13(15)17/h7-11,14,19H,4-6H2,1-3H3,(H,18,20). The average Bonchev–Trinajstić information content (AvgIpc) is 2.45. The largest absolute Gasteiger partial charge is 0.381 e. The van der Waals surface area contributed by atoms with E-state index in [1.165, 1.54) is 12.8 Å².